The summed E-state index contributed by atoms with van der Waals surface area (Å²) < 4.78 is 16.5. The third kappa shape index (κ3) is 3.90. The SMILES string of the molecule is [2H]C([2H])(CC[C@@H](C)[C@H]1CC[C@H]2[C@@H]3[C@H](O)C=C4C[C@@H](O)CC[C@]4(C)[C@H]3CC[C@]12C)C(C)C(=O)O. The van der Waals surface area contributed by atoms with Crippen LogP contribution in [0.1, 0.15) is 94.6 Å². The molecular formula is C27H44O4. The first-order chi connectivity index (χ1) is 15.3. The number of carbonyl (C=O) groups is 1. The second-order valence-electron chi connectivity index (χ2n) is 11.8. The van der Waals surface area contributed by atoms with Crippen LogP contribution in [0.25, 0.3) is 0 Å². The Morgan fingerprint density at radius 1 is 1.16 bits per heavy atom. The van der Waals surface area contributed by atoms with Crippen molar-refractivity contribution in [1.29, 1.82) is 0 Å². The van der Waals surface area contributed by atoms with Crippen LogP contribution in [0.15, 0.2) is 11.6 Å². The second kappa shape index (κ2) is 8.48. The summed E-state index contributed by atoms with van der Waals surface area (Å²) in [5.41, 5.74) is 1.51. The van der Waals surface area contributed by atoms with Gasteiger partial charge in [0.05, 0.1) is 18.1 Å². The average Bonchev–Trinajstić information content (AvgIpc) is 3.10. The Kier molecular flexibility index (Phi) is 5.67. The third-order valence-electron chi connectivity index (χ3n) is 10.3. The first-order valence-corrected chi connectivity index (χ1v) is 12.6. The minimum atomic E-state index is -1.70. The van der Waals surface area contributed by atoms with Gasteiger partial charge >= 0.3 is 5.97 Å². The Hall–Kier alpha value is -0.870. The first kappa shape index (κ1) is 20.7. The number of carboxylic acid groups (broad SMARTS) is 1. The molecule has 1 unspecified atom stereocenters. The number of hydrogen-bond donors (Lipinski definition) is 3. The molecule has 10 atom stereocenters. The van der Waals surface area contributed by atoms with Crippen LogP contribution in [0, 0.1) is 46.3 Å². The van der Waals surface area contributed by atoms with E-state index in [0.717, 1.165) is 38.5 Å². The standard InChI is InChI=1S/C27H44O4/c1-16(6-5-7-17(2)25(30)31)20-8-9-21-24-22(11-13-27(20,21)4)26(3)12-10-19(28)14-18(26)15-23(24)29/h15-17,19-24,28-29H,5-14H2,1-4H3,(H,30,31)/t16-,17?,19+,20-,21+,22+,23-,24+,26+,27-/m1/s1/i7D2. The zero-order valence-corrected chi connectivity index (χ0v) is 19.8. The molecule has 0 aromatic carbocycles. The van der Waals surface area contributed by atoms with Crippen molar-refractivity contribution in [3.8, 4) is 0 Å². The van der Waals surface area contributed by atoms with Gasteiger partial charge < -0.3 is 15.3 Å². The highest BCUT2D eigenvalue weighted by molar-refractivity contribution is 5.69. The highest BCUT2D eigenvalue weighted by atomic mass is 16.4. The van der Waals surface area contributed by atoms with Gasteiger partial charge in [-0.3, -0.25) is 4.79 Å². The van der Waals surface area contributed by atoms with E-state index in [2.05, 4.69) is 26.8 Å². The fourth-order valence-electron chi connectivity index (χ4n) is 8.42. The predicted molar refractivity (Wildman–Crippen MR) is 122 cm³/mol. The number of aliphatic carboxylic acids is 1. The number of hydrogen-bond acceptors (Lipinski definition) is 3. The minimum absolute atomic E-state index is 0.0944. The number of carboxylic acids is 1. The largest absolute Gasteiger partial charge is 0.481 e. The molecule has 4 aliphatic carbocycles. The Labute approximate surface area is 191 Å². The molecule has 0 aromatic heterocycles. The van der Waals surface area contributed by atoms with E-state index in [-0.39, 0.29) is 29.3 Å². The van der Waals surface area contributed by atoms with Crippen molar-refractivity contribution in [3.63, 3.8) is 0 Å². The van der Waals surface area contributed by atoms with E-state index in [0.29, 0.717) is 36.5 Å². The molecule has 0 aliphatic heterocycles. The highest BCUT2D eigenvalue weighted by Gasteiger charge is 2.61. The predicted octanol–water partition coefficient (Wildman–Crippen LogP) is 5.42. The van der Waals surface area contributed by atoms with E-state index in [1.165, 1.54) is 12.5 Å². The van der Waals surface area contributed by atoms with Crippen LogP contribution >= 0.6 is 0 Å². The third-order valence-corrected chi connectivity index (χ3v) is 10.3. The maximum Gasteiger partial charge on any atom is 0.306 e. The van der Waals surface area contributed by atoms with Gasteiger partial charge in [-0.25, -0.2) is 0 Å². The summed E-state index contributed by atoms with van der Waals surface area (Å²) in [5.74, 6) is -0.0460. The topological polar surface area (TPSA) is 77.8 Å². The second-order valence-corrected chi connectivity index (χ2v) is 11.8. The lowest BCUT2D eigenvalue weighted by atomic mass is 9.46. The van der Waals surface area contributed by atoms with Crippen LogP contribution in [-0.4, -0.2) is 33.5 Å². The zero-order chi connectivity index (χ0) is 24.3. The minimum Gasteiger partial charge on any atom is -0.481 e. The van der Waals surface area contributed by atoms with Crippen molar-refractivity contribution in [2.24, 2.45) is 46.3 Å². The molecule has 4 nitrogen and oxygen atoms in total. The Morgan fingerprint density at radius 2 is 1.90 bits per heavy atom. The molecule has 176 valence electrons. The van der Waals surface area contributed by atoms with E-state index in [1.54, 1.807) is 0 Å². The molecule has 3 N–H and O–H groups in total. The quantitative estimate of drug-likeness (QED) is 0.488. The van der Waals surface area contributed by atoms with Gasteiger partial charge in [-0.05, 0) is 91.7 Å². The molecule has 0 radical (unpaired) electrons. The molecule has 4 rings (SSSR count). The van der Waals surface area contributed by atoms with Gasteiger partial charge in [-0.2, -0.15) is 0 Å². The molecule has 0 saturated heterocycles. The van der Waals surface area contributed by atoms with Gasteiger partial charge in [-0.15, -0.1) is 0 Å². The fraction of sp³-hybridized carbons (Fsp3) is 0.889. The maximum absolute atomic E-state index is 11.3. The van der Waals surface area contributed by atoms with Crippen molar-refractivity contribution < 1.29 is 22.9 Å². The number of aliphatic hydroxyl groups is 2. The smallest absolute Gasteiger partial charge is 0.306 e. The average molecular weight is 435 g/mol. The molecule has 0 spiro atoms. The van der Waals surface area contributed by atoms with Crippen LogP contribution < -0.4 is 0 Å². The molecule has 4 aliphatic rings. The summed E-state index contributed by atoms with van der Waals surface area (Å²) in [4.78, 5) is 11.3. The van der Waals surface area contributed by atoms with Gasteiger partial charge in [0.15, 0.2) is 0 Å². The summed E-state index contributed by atoms with van der Waals surface area (Å²) in [5, 5.41) is 30.8. The van der Waals surface area contributed by atoms with E-state index in [9.17, 15) is 20.1 Å². The lowest BCUT2D eigenvalue weighted by molar-refractivity contribution is -0.141. The van der Waals surface area contributed by atoms with Gasteiger partial charge in [0.25, 0.3) is 0 Å². The van der Waals surface area contributed by atoms with Gasteiger partial charge in [0, 0.05) is 2.74 Å². The number of rotatable bonds is 6. The van der Waals surface area contributed by atoms with Crippen LogP contribution in [0.3, 0.4) is 0 Å². The lowest BCUT2D eigenvalue weighted by Crippen LogP contribution is -2.54. The molecule has 0 aromatic rings. The summed E-state index contributed by atoms with van der Waals surface area (Å²) in [7, 11) is 0. The van der Waals surface area contributed by atoms with Crippen molar-refractivity contribution in [3.05, 3.63) is 11.6 Å². The summed E-state index contributed by atoms with van der Waals surface area (Å²) in [6.45, 7) is 8.48. The molecule has 3 fully saturated rings. The zero-order valence-electron chi connectivity index (χ0n) is 21.8. The van der Waals surface area contributed by atoms with Crippen LogP contribution in [0.5, 0.6) is 0 Å². The number of fused-ring (bicyclic) bond motifs is 5. The molecular weight excluding hydrogens is 388 g/mol. The van der Waals surface area contributed by atoms with Gasteiger partial charge in [-0.1, -0.05) is 52.2 Å². The van der Waals surface area contributed by atoms with Crippen molar-refractivity contribution in [2.75, 3.05) is 0 Å². The Bertz CT molecular complexity index is 797. The summed E-state index contributed by atoms with van der Waals surface area (Å²) in [6, 6.07) is 0. The highest BCUT2D eigenvalue weighted by Crippen LogP contribution is 2.67. The molecule has 0 bridgehead atoms. The number of aliphatic hydroxyl groups excluding tert-OH is 2. The maximum atomic E-state index is 11.3. The van der Waals surface area contributed by atoms with Crippen molar-refractivity contribution in [2.45, 2.75) is 104 Å². The van der Waals surface area contributed by atoms with Gasteiger partial charge in [0.1, 0.15) is 0 Å². The molecule has 4 heteroatoms. The normalized spacial score (nSPS) is 47.7. The summed E-state index contributed by atoms with van der Waals surface area (Å²) >= 11 is 0. The lowest BCUT2D eigenvalue weighted by Gasteiger charge is -2.59. The molecule has 3 saturated carbocycles. The summed E-state index contributed by atoms with van der Waals surface area (Å²) in [6.07, 6.45) is 7.71. The van der Waals surface area contributed by atoms with Crippen molar-refractivity contribution in [1.82, 2.24) is 0 Å². The van der Waals surface area contributed by atoms with Crippen LogP contribution in [0.4, 0.5) is 0 Å². The Morgan fingerprint density at radius 3 is 2.61 bits per heavy atom. The first-order valence-electron chi connectivity index (χ1n) is 13.6. The molecule has 0 heterocycles. The van der Waals surface area contributed by atoms with Crippen molar-refractivity contribution >= 4 is 5.97 Å². The molecule has 0 amide bonds. The van der Waals surface area contributed by atoms with E-state index >= 15 is 0 Å². The van der Waals surface area contributed by atoms with Gasteiger partial charge in [0.2, 0.25) is 0 Å². The Balaban J connectivity index is 1.50. The van der Waals surface area contributed by atoms with E-state index in [1.807, 2.05) is 0 Å². The van der Waals surface area contributed by atoms with Crippen LogP contribution in [-0.2, 0) is 4.79 Å². The fourth-order valence-corrected chi connectivity index (χ4v) is 8.42. The van der Waals surface area contributed by atoms with E-state index < -0.39 is 24.4 Å². The monoisotopic (exact) mass is 434 g/mol. The molecule has 31 heavy (non-hydrogen) atoms. The van der Waals surface area contributed by atoms with E-state index in [4.69, 9.17) is 2.74 Å². The van der Waals surface area contributed by atoms with Crippen LogP contribution in [0.2, 0.25) is 0 Å².